The molecule has 2 heterocycles. The molecule has 2 saturated heterocycles. The van der Waals surface area contributed by atoms with Gasteiger partial charge in [-0.25, -0.2) is 0 Å². The van der Waals surface area contributed by atoms with Gasteiger partial charge in [-0.3, -0.25) is 4.90 Å². The molecule has 0 aromatic carbocycles. The molecule has 3 heteroatoms. The molecule has 0 radical (unpaired) electrons. The van der Waals surface area contributed by atoms with Crippen molar-refractivity contribution in [3.8, 4) is 0 Å². The van der Waals surface area contributed by atoms with Crippen LogP contribution in [0.15, 0.2) is 0 Å². The summed E-state index contributed by atoms with van der Waals surface area (Å²) in [6.45, 7) is 6.09. The van der Waals surface area contributed by atoms with Gasteiger partial charge in [-0.1, -0.05) is 6.92 Å². The van der Waals surface area contributed by atoms with Gasteiger partial charge in [0.05, 0.1) is 0 Å². The Labute approximate surface area is 91.8 Å². The average Bonchev–Trinajstić information content (AvgIpc) is 2.85. The largest absolute Gasteiger partial charge is 0.314 e. The lowest BCUT2D eigenvalue weighted by Crippen LogP contribution is -2.44. The van der Waals surface area contributed by atoms with E-state index in [1.54, 1.807) is 0 Å². The summed E-state index contributed by atoms with van der Waals surface area (Å²) in [6, 6.07) is 1.67. The molecule has 2 aliphatic heterocycles. The number of nitrogens with zero attached hydrogens (tertiary/aromatic N) is 1. The van der Waals surface area contributed by atoms with E-state index in [2.05, 4.69) is 23.4 Å². The molecule has 2 nitrogen and oxygen atoms in total. The van der Waals surface area contributed by atoms with Gasteiger partial charge in [0.25, 0.3) is 0 Å². The minimum atomic E-state index is 0.803. The molecular weight excluding hydrogens is 192 g/mol. The van der Waals surface area contributed by atoms with Gasteiger partial charge in [0, 0.05) is 30.4 Å². The highest BCUT2D eigenvalue weighted by Gasteiger charge is 2.36. The van der Waals surface area contributed by atoms with Crippen LogP contribution in [0.1, 0.15) is 26.2 Å². The van der Waals surface area contributed by atoms with Crippen molar-refractivity contribution in [1.82, 2.24) is 10.2 Å². The molecule has 0 aromatic rings. The van der Waals surface area contributed by atoms with Crippen LogP contribution in [0.4, 0.5) is 0 Å². The fourth-order valence-electron chi connectivity index (χ4n) is 2.95. The lowest BCUT2D eigenvalue weighted by atomic mass is 10.1. The molecule has 2 rings (SSSR count). The first-order valence-electron chi connectivity index (χ1n) is 5.86. The summed E-state index contributed by atoms with van der Waals surface area (Å²) in [7, 11) is 0. The highest BCUT2D eigenvalue weighted by atomic mass is 32.2. The van der Waals surface area contributed by atoms with Crippen molar-refractivity contribution in [1.29, 1.82) is 0 Å². The first-order chi connectivity index (χ1) is 6.86. The van der Waals surface area contributed by atoms with Crippen LogP contribution in [0, 0.1) is 0 Å². The van der Waals surface area contributed by atoms with Crippen LogP contribution >= 0.6 is 11.8 Å². The van der Waals surface area contributed by atoms with E-state index in [1.807, 2.05) is 11.8 Å². The smallest absolute Gasteiger partial charge is 0.0354 e. The second kappa shape index (κ2) is 4.86. The normalized spacial score (nSPS) is 39.4. The van der Waals surface area contributed by atoms with Gasteiger partial charge in [0.2, 0.25) is 0 Å². The van der Waals surface area contributed by atoms with Crippen molar-refractivity contribution in [2.75, 3.05) is 25.9 Å². The first-order valence-corrected chi connectivity index (χ1v) is 7.15. The van der Waals surface area contributed by atoms with Crippen LogP contribution in [0.2, 0.25) is 0 Å². The van der Waals surface area contributed by atoms with Crippen LogP contribution in [0.5, 0.6) is 0 Å². The monoisotopic (exact) mass is 214 g/mol. The Balaban J connectivity index is 1.98. The lowest BCUT2D eigenvalue weighted by Gasteiger charge is -2.32. The van der Waals surface area contributed by atoms with E-state index in [1.165, 1.54) is 38.9 Å². The second-order valence-electron chi connectivity index (χ2n) is 4.44. The lowest BCUT2D eigenvalue weighted by molar-refractivity contribution is 0.190. The summed E-state index contributed by atoms with van der Waals surface area (Å²) >= 11 is 2.04. The molecular formula is C11H22N2S. The fourth-order valence-corrected chi connectivity index (χ4v) is 3.80. The molecule has 2 aliphatic rings. The van der Waals surface area contributed by atoms with Crippen LogP contribution in [-0.4, -0.2) is 48.1 Å². The molecule has 0 amide bonds. The maximum absolute atomic E-state index is 3.53. The molecule has 0 aliphatic carbocycles. The summed E-state index contributed by atoms with van der Waals surface area (Å²) in [5, 5.41) is 4.35. The molecule has 0 aromatic heterocycles. The van der Waals surface area contributed by atoms with Crippen molar-refractivity contribution in [3.05, 3.63) is 0 Å². The van der Waals surface area contributed by atoms with E-state index in [4.69, 9.17) is 0 Å². The third kappa shape index (κ3) is 1.95. The highest BCUT2D eigenvalue weighted by molar-refractivity contribution is 7.99. The fraction of sp³-hybridized carbons (Fsp3) is 1.00. The zero-order chi connectivity index (χ0) is 9.97. The van der Waals surface area contributed by atoms with Crippen molar-refractivity contribution >= 4 is 11.8 Å². The Morgan fingerprint density at radius 2 is 2.29 bits per heavy atom. The van der Waals surface area contributed by atoms with Crippen molar-refractivity contribution in [2.45, 2.75) is 43.5 Å². The van der Waals surface area contributed by atoms with Crippen LogP contribution in [0.3, 0.4) is 0 Å². The number of nitrogens with one attached hydrogen (secondary N) is 1. The molecule has 14 heavy (non-hydrogen) atoms. The van der Waals surface area contributed by atoms with Gasteiger partial charge in [0.15, 0.2) is 0 Å². The second-order valence-corrected chi connectivity index (χ2v) is 5.52. The quantitative estimate of drug-likeness (QED) is 0.767. The van der Waals surface area contributed by atoms with Gasteiger partial charge < -0.3 is 5.32 Å². The minimum Gasteiger partial charge on any atom is -0.314 e. The number of hydrogen-bond donors (Lipinski definition) is 1. The van der Waals surface area contributed by atoms with E-state index in [0.29, 0.717) is 0 Å². The molecule has 3 unspecified atom stereocenters. The molecule has 0 spiro atoms. The molecule has 2 fully saturated rings. The number of rotatable bonds is 3. The number of likely N-dealkylation sites (tertiary alicyclic amines) is 1. The Morgan fingerprint density at radius 1 is 1.43 bits per heavy atom. The van der Waals surface area contributed by atoms with Crippen molar-refractivity contribution in [2.24, 2.45) is 0 Å². The summed E-state index contributed by atoms with van der Waals surface area (Å²) in [5.74, 6) is 0. The summed E-state index contributed by atoms with van der Waals surface area (Å²) in [4.78, 5) is 2.77. The van der Waals surface area contributed by atoms with Crippen LogP contribution < -0.4 is 5.32 Å². The maximum Gasteiger partial charge on any atom is 0.0354 e. The van der Waals surface area contributed by atoms with Crippen molar-refractivity contribution < 1.29 is 0 Å². The van der Waals surface area contributed by atoms with Gasteiger partial charge >= 0.3 is 0 Å². The summed E-state index contributed by atoms with van der Waals surface area (Å²) in [6.07, 6.45) is 6.42. The predicted molar refractivity (Wildman–Crippen MR) is 64.0 cm³/mol. The van der Waals surface area contributed by atoms with E-state index in [9.17, 15) is 0 Å². The third-order valence-electron chi connectivity index (χ3n) is 3.75. The Morgan fingerprint density at radius 3 is 3.00 bits per heavy atom. The Kier molecular flexibility index (Phi) is 3.74. The molecule has 1 N–H and O–H groups in total. The SMILES string of the molecule is CCC1CCCN1C1CNCC1SC. The molecule has 3 atom stereocenters. The van der Waals surface area contributed by atoms with Gasteiger partial charge in [0.1, 0.15) is 0 Å². The first kappa shape index (κ1) is 10.8. The van der Waals surface area contributed by atoms with Gasteiger partial charge in [-0.15, -0.1) is 0 Å². The predicted octanol–water partition coefficient (Wildman–Crippen LogP) is 1.56. The van der Waals surface area contributed by atoms with Crippen LogP contribution in [0.25, 0.3) is 0 Å². The zero-order valence-corrected chi connectivity index (χ0v) is 10.1. The van der Waals surface area contributed by atoms with E-state index >= 15 is 0 Å². The molecule has 0 bridgehead atoms. The van der Waals surface area contributed by atoms with Gasteiger partial charge in [-0.05, 0) is 32.1 Å². The van der Waals surface area contributed by atoms with E-state index in [-0.39, 0.29) is 0 Å². The Hall–Kier alpha value is 0.270. The van der Waals surface area contributed by atoms with Crippen molar-refractivity contribution in [3.63, 3.8) is 0 Å². The number of thioether (sulfide) groups is 1. The molecule has 0 saturated carbocycles. The van der Waals surface area contributed by atoms with E-state index < -0.39 is 0 Å². The minimum absolute atomic E-state index is 0.803. The Bertz CT molecular complexity index is 166. The maximum atomic E-state index is 3.53. The summed E-state index contributed by atoms with van der Waals surface area (Å²) in [5.41, 5.74) is 0. The van der Waals surface area contributed by atoms with Crippen LogP contribution in [-0.2, 0) is 0 Å². The average molecular weight is 214 g/mol. The standard InChI is InChI=1S/C11H22N2S/c1-3-9-5-4-6-13(9)10-7-12-8-11(10)14-2/h9-12H,3-8H2,1-2H3. The molecule has 82 valence electrons. The van der Waals surface area contributed by atoms with Gasteiger partial charge in [-0.2, -0.15) is 11.8 Å². The van der Waals surface area contributed by atoms with E-state index in [0.717, 1.165) is 17.3 Å². The third-order valence-corrected chi connectivity index (χ3v) is 4.84. The highest BCUT2D eigenvalue weighted by Crippen LogP contribution is 2.28. The topological polar surface area (TPSA) is 15.3 Å². The zero-order valence-electron chi connectivity index (χ0n) is 9.33. The number of hydrogen-bond acceptors (Lipinski definition) is 3. The summed E-state index contributed by atoms with van der Waals surface area (Å²) < 4.78 is 0.